The second-order valence-electron chi connectivity index (χ2n) is 9.49. The standard InChI is InChI=1S/C31H28N8O/c1-38-27-14-8-6-12-25(27)34-30(38)36-32-19-23-17-22(16-21-10-4-3-5-11-21)18-24(29(23)40)20-33-37-31-35-26-13-7-9-15-28(26)39(31)2/h3-15,17-20,40H,16H2,1-2H3,(H,34,36)(H,35,37). The number of anilines is 2. The first kappa shape index (κ1) is 24.9. The number of aromatic nitrogens is 4. The third-order valence-electron chi connectivity index (χ3n) is 6.79. The molecule has 0 saturated carbocycles. The van der Waals surface area contributed by atoms with E-state index in [1.54, 1.807) is 12.4 Å². The highest BCUT2D eigenvalue weighted by molar-refractivity contribution is 5.93. The molecule has 6 aromatic rings. The molecular formula is C31H28N8O. The number of nitrogens with zero attached hydrogens (tertiary/aromatic N) is 6. The molecule has 2 heterocycles. The van der Waals surface area contributed by atoms with Gasteiger partial charge in [-0.05, 0) is 53.9 Å². The van der Waals surface area contributed by atoms with E-state index in [0.29, 0.717) is 29.4 Å². The molecule has 6 rings (SSSR count). The minimum atomic E-state index is 0.0721. The molecular weight excluding hydrogens is 500 g/mol. The zero-order chi connectivity index (χ0) is 27.5. The fourth-order valence-corrected chi connectivity index (χ4v) is 4.69. The van der Waals surface area contributed by atoms with Crippen molar-refractivity contribution >= 4 is 46.4 Å². The number of phenolic OH excluding ortho intramolecular Hbond substituents is 1. The van der Waals surface area contributed by atoms with Crippen LogP contribution in [0, 0.1) is 0 Å². The van der Waals surface area contributed by atoms with E-state index in [-0.39, 0.29) is 5.75 Å². The Balaban J connectivity index is 1.29. The maximum absolute atomic E-state index is 11.1. The van der Waals surface area contributed by atoms with Gasteiger partial charge < -0.3 is 14.2 Å². The number of nitrogens with one attached hydrogen (secondary N) is 2. The summed E-state index contributed by atoms with van der Waals surface area (Å²) in [6.45, 7) is 0. The van der Waals surface area contributed by atoms with Crippen molar-refractivity contribution in [2.75, 3.05) is 10.9 Å². The second kappa shape index (κ2) is 10.7. The van der Waals surface area contributed by atoms with Crippen molar-refractivity contribution in [1.29, 1.82) is 0 Å². The number of aromatic hydroxyl groups is 1. The van der Waals surface area contributed by atoms with Gasteiger partial charge in [-0.3, -0.25) is 0 Å². The first-order valence-electron chi connectivity index (χ1n) is 12.9. The number of aryl methyl sites for hydroxylation is 2. The molecule has 0 aliphatic heterocycles. The summed E-state index contributed by atoms with van der Waals surface area (Å²) in [5.41, 5.74) is 13.1. The molecule has 0 saturated heterocycles. The Hall–Kier alpha value is -5.44. The predicted octanol–water partition coefficient (Wildman–Crippen LogP) is 5.65. The van der Waals surface area contributed by atoms with Gasteiger partial charge in [-0.15, -0.1) is 0 Å². The number of fused-ring (bicyclic) bond motifs is 2. The summed E-state index contributed by atoms with van der Waals surface area (Å²) in [5.74, 6) is 1.28. The van der Waals surface area contributed by atoms with E-state index in [1.165, 1.54) is 0 Å². The number of phenols is 1. The van der Waals surface area contributed by atoms with Gasteiger partial charge in [-0.2, -0.15) is 10.2 Å². The van der Waals surface area contributed by atoms with Crippen molar-refractivity contribution in [2.45, 2.75) is 6.42 Å². The van der Waals surface area contributed by atoms with Crippen LogP contribution in [0.5, 0.6) is 5.75 Å². The predicted molar refractivity (Wildman–Crippen MR) is 161 cm³/mol. The van der Waals surface area contributed by atoms with Crippen LogP contribution < -0.4 is 10.9 Å². The van der Waals surface area contributed by atoms with Crippen molar-refractivity contribution in [3.63, 3.8) is 0 Å². The molecule has 9 nitrogen and oxygen atoms in total. The van der Waals surface area contributed by atoms with E-state index < -0.39 is 0 Å². The SMILES string of the molecule is Cn1c(NN=Cc2cc(Cc3ccccc3)cc(C=NNc3nc4ccccc4n3C)c2O)nc2ccccc21. The molecule has 0 atom stereocenters. The van der Waals surface area contributed by atoms with Crippen LogP contribution in [-0.4, -0.2) is 36.6 Å². The summed E-state index contributed by atoms with van der Waals surface area (Å²) in [4.78, 5) is 9.17. The summed E-state index contributed by atoms with van der Waals surface area (Å²) in [6.07, 6.45) is 3.89. The van der Waals surface area contributed by atoms with Crippen LogP contribution in [0.15, 0.2) is 101 Å². The number of hydrogen-bond donors (Lipinski definition) is 3. The lowest BCUT2D eigenvalue weighted by Gasteiger charge is -2.09. The van der Waals surface area contributed by atoms with Gasteiger partial charge in [0.05, 0.1) is 34.5 Å². The lowest BCUT2D eigenvalue weighted by Crippen LogP contribution is -2.01. The fraction of sp³-hybridized carbons (Fsp3) is 0.0968. The van der Waals surface area contributed by atoms with Crippen molar-refractivity contribution in [1.82, 2.24) is 19.1 Å². The summed E-state index contributed by atoms with van der Waals surface area (Å²) >= 11 is 0. The molecule has 0 amide bonds. The smallest absolute Gasteiger partial charge is 0.224 e. The van der Waals surface area contributed by atoms with Crippen LogP contribution >= 0.6 is 0 Å². The molecule has 0 bridgehead atoms. The van der Waals surface area contributed by atoms with Gasteiger partial charge in [0.2, 0.25) is 11.9 Å². The molecule has 4 aromatic carbocycles. The van der Waals surface area contributed by atoms with Crippen molar-refractivity contribution in [2.24, 2.45) is 24.3 Å². The molecule has 198 valence electrons. The highest BCUT2D eigenvalue weighted by atomic mass is 16.3. The molecule has 0 unspecified atom stereocenters. The van der Waals surface area contributed by atoms with Gasteiger partial charge in [-0.25, -0.2) is 20.8 Å². The van der Waals surface area contributed by atoms with Gasteiger partial charge in [0, 0.05) is 25.2 Å². The number of hydrogen-bond acceptors (Lipinski definition) is 7. The fourth-order valence-electron chi connectivity index (χ4n) is 4.69. The van der Waals surface area contributed by atoms with Gasteiger partial charge in [0.15, 0.2) is 0 Å². The van der Waals surface area contributed by atoms with Crippen LogP contribution in [0.2, 0.25) is 0 Å². The van der Waals surface area contributed by atoms with Crippen LogP contribution in [0.25, 0.3) is 22.1 Å². The van der Waals surface area contributed by atoms with E-state index in [1.807, 2.05) is 102 Å². The first-order chi connectivity index (χ1) is 19.6. The Morgan fingerprint density at radius 3 is 1.65 bits per heavy atom. The first-order valence-corrected chi connectivity index (χ1v) is 12.9. The van der Waals surface area contributed by atoms with Crippen molar-refractivity contribution in [3.05, 3.63) is 113 Å². The summed E-state index contributed by atoms with van der Waals surface area (Å²) < 4.78 is 3.87. The molecule has 0 aliphatic carbocycles. The zero-order valence-electron chi connectivity index (χ0n) is 22.2. The van der Waals surface area contributed by atoms with Gasteiger partial charge in [0.25, 0.3) is 0 Å². The quantitative estimate of drug-likeness (QED) is 0.175. The van der Waals surface area contributed by atoms with Crippen LogP contribution in [-0.2, 0) is 20.5 Å². The lowest BCUT2D eigenvalue weighted by molar-refractivity contribution is 0.473. The molecule has 2 aromatic heterocycles. The van der Waals surface area contributed by atoms with E-state index in [2.05, 4.69) is 43.2 Å². The summed E-state index contributed by atoms with van der Waals surface area (Å²) in [6, 6.07) is 29.8. The normalized spacial score (nSPS) is 11.8. The number of imidazole rings is 2. The number of rotatable bonds is 8. The Bertz CT molecular complexity index is 1750. The summed E-state index contributed by atoms with van der Waals surface area (Å²) in [5, 5.41) is 19.9. The molecule has 0 fully saturated rings. The Morgan fingerprint density at radius 2 is 1.15 bits per heavy atom. The van der Waals surface area contributed by atoms with E-state index in [4.69, 9.17) is 0 Å². The van der Waals surface area contributed by atoms with E-state index >= 15 is 0 Å². The van der Waals surface area contributed by atoms with Gasteiger partial charge in [0.1, 0.15) is 5.75 Å². The molecule has 40 heavy (non-hydrogen) atoms. The van der Waals surface area contributed by atoms with Crippen molar-refractivity contribution < 1.29 is 5.11 Å². The third kappa shape index (κ3) is 5.00. The molecule has 0 spiro atoms. The Kier molecular flexibility index (Phi) is 6.68. The highest BCUT2D eigenvalue weighted by Crippen LogP contribution is 2.25. The lowest BCUT2D eigenvalue weighted by atomic mass is 9.99. The van der Waals surface area contributed by atoms with E-state index in [0.717, 1.165) is 33.2 Å². The van der Waals surface area contributed by atoms with Gasteiger partial charge >= 0.3 is 0 Å². The Morgan fingerprint density at radius 1 is 0.675 bits per heavy atom. The Labute approximate surface area is 231 Å². The van der Waals surface area contributed by atoms with Crippen molar-refractivity contribution in [3.8, 4) is 5.75 Å². The minimum Gasteiger partial charge on any atom is -0.507 e. The van der Waals surface area contributed by atoms with Crippen LogP contribution in [0.3, 0.4) is 0 Å². The average molecular weight is 529 g/mol. The molecule has 3 N–H and O–H groups in total. The molecule has 0 radical (unpaired) electrons. The topological polar surface area (TPSA) is 105 Å². The van der Waals surface area contributed by atoms with E-state index in [9.17, 15) is 5.11 Å². The maximum Gasteiger partial charge on any atom is 0.224 e. The molecule has 0 aliphatic rings. The zero-order valence-corrected chi connectivity index (χ0v) is 22.2. The highest BCUT2D eigenvalue weighted by Gasteiger charge is 2.11. The number of hydrazone groups is 2. The maximum atomic E-state index is 11.1. The largest absolute Gasteiger partial charge is 0.507 e. The summed E-state index contributed by atoms with van der Waals surface area (Å²) in [7, 11) is 3.86. The molecule has 9 heteroatoms. The van der Waals surface area contributed by atoms with Crippen LogP contribution in [0.1, 0.15) is 22.3 Å². The number of benzene rings is 4. The van der Waals surface area contributed by atoms with Gasteiger partial charge in [-0.1, -0.05) is 54.6 Å². The monoisotopic (exact) mass is 528 g/mol. The minimum absolute atomic E-state index is 0.0721. The third-order valence-corrected chi connectivity index (χ3v) is 6.79. The average Bonchev–Trinajstić information content (AvgIpc) is 3.47. The number of para-hydroxylation sites is 4. The van der Waals surface area contributed by atoms with Crippen LogP contribution in [0.4, 0.5) is 11.9 Å². The second-order valence-corrected chi connectivity index (χ2v) is 9.49.